The van der Waals surface area contributed by atoms with Gasteiger partial charge in [0.2, 0.25) is 0 Å². The van der Waals surface area contributed by atoms with Gasteiger partial charge >= 0.3 is 0 Å². The number of nitrogens with one attached hydrogen (secondary N) is 1. The Labute approximate surface area is 174 Å². The monoisotopic (exact) mass is 382 g/mol. The second kappa shape index (κ2) is 8.42. The first-order valence-corrected chi connectivity index (χ1v) is 11.1. The van der Waals surface area contributed by atoms with Crippen molar-refractivity contribution in [2.45, 2.75) is 50.2 Å². The molecule has 1 fully saturated rings. The molecule has 0 spiro atoms. The average molecular weight is 383 g/mol. The lowest BCUT2D eigenvalue weighted by Gasteiger charge is -2.42. The summed E-state index contributed by atoms with van der Waals surface area (Å²) in [5, 5.41) is 3.83. The maximum Gasteiger partial charge on any atom is 0.0486 e. The van der Waals surface area contributed by atoms with Crippen LogP contribution in [0.15, 0.2) is 84.9 Å². The summed E-state index contributed by atoms with van der Waals surface area (Å²) >= 11 is 0. The van der Waals surface area contributed by atoms with Gasteiger partial charge in [-0.15, -0.1) is 0 Å². The van der Waals surface area contributed by atoms with Crippen LogP contribution < -0.4 is 10.2 Å². The largest absolute Gasteiger partial charge is 0.363 e. The van der Waals surface area contributed by atoms with Crippen LogP contribution in [0.2, 0.25) is 0 Å². The Morgan fingerprint density at radius 2 is 1.41 bits per heavy atom. The molecule has 1 saturated heterocycles. The highest BCUT2D eigenvalue weighted by Gasteiger charge is 2.36. The van der Waals surface area contributed by atoms with E-state index in [0.717, 1.165) is 25.8 Å². The third kappa shape index (κ3) is 3.95. The van der Waals surface area contributed by atoms with E-state index in [9.17, 15) is 0 Å². The quantitative estimate of drug-likeness (QED) is 0.644. The van der Waals surface area contributed by atoms with Crippen molar-refractivity contribution in [1.29, 1.82) is 0 Å². The van der Waals surface area contributed by atoms with Crippen molar-refractivity contribution < 1.29 is 0 Å². The van der Waals surface area contributed by atoms with Crippen LogP contribution in [-0.4, -0.2) is 24.7 Å². The van der Waals surface area contributed by atoms with Crippen LogP contribution in [0.5, 0.6) is 0 Å². The number of hydrogen-bond donors (Lipinski definition) is 1. The standard InChI is InChI=1S/C27H30N2/c1-3-10-21(11-4-1)18-27(26-16-9-17-28-26)29(24-14-5-2-6-15-24)25-19-22-12-7-8-13-23(22)20-25/h1-8,10-15,25-28H,9,16-20H2. The van der Waals surface area contributed by atoms with Gasteiger partial charge < -0.3 is 10.2 Å². The molecule has 29 heavy (non-hydrogen) atoms. The molecule has 5 rings (SSSR count). The number of hydrogen-bond acceptors (Lipinski definition) is 2. The van der Waals surface area contributed by atoms with Crippen molar-refractivity contribution in [2.75, 3.05) is 11.4 Å². The van der Waals surface area contributed by atoms with Crippen molar-refractivity contribution in [3.05, 3.63) is 102 Å². The van der Waals surface area contributed by atoms with Crippen molar-refractivity contribution in [1.82, 2.24) is 5.32 Å². The summed E-state index contributed by atoms with van der Waals surface area (Å²) in [6.45, 7) is 1.14. The molecule has 1 N–H and O–H groups in total. The Bertz CT molecular complexity index is 891. The normalized spacial score (nSPS) is 19.8. The van der Waals surface area contributed by atoms with Gasteiger partial charge in [-0.1, -0.05) is 72.8 Å². The fourth-order valence-corrected chi connectivity index (χ4v) is 5.34. The Balaban J connectivity index is 1.52. The summed E-state index contributed by atoms with van der Waals surface area (Å²) in [6, 6.07) is 32.7. The summed E-state index contributed by atoms with van der Waals surface area (Å²) in [7, 11) is 0. The van der Waals surface area contributed by atoms with Gasteiger partial charge in [-0.3, -0.25) is 0 Å². The fourth-order valence-electron chi connectivity index (χ4n) is 5.34. The molecule has 0 amide bonds. The number of fused-ring (bicyclic) bond motifs is 1. The zero-order valence-corrected chi connectivity index (χ0v) is 17.0. The van der Waals surface area contributed by atoms with E-state index < -0.39 is 0 Å². The van der Waals surface area contributed by atoms with Gasteiger partial charge in [0.25, 0.3) is 0 Å². The van der Waals surface area contributed by atoms with Crippen molar-refractivity contribution in [2.24, 2.45) is 0 Å². The zero-order chi connectivity index (χ0) is 19.5. The third-order valence-corrected chi connectivity index (χ3v) is 6.69. The minimum absolute atomic E-state index is 0.460. The van der Waals surface area contributed by atoms with Crippen LogP contribution >= 0.6 is 0 Å². The van der Waals surface area contributed by atoms with Gasteiger partial charge in [0.1, 0.15) is 0 Å². The Hall–Kier alpha value is -2.58. The van der Waals surface area contributed by atoms with E-state index in [4.69, 9.17) is 0 Å². The lowest BCUT2D eigenvalue weighted by Crippen LogP contribution is -2.54. The summed E-state index contributed by atoms with van der Waals surface area (Å²) in [4.78, 5) is 2.76. The number of anilines is 1. The maximum absolute atomic E-state index is 3.83. The highest BCUT2D eigenvalue weighted by Crippen LogP contribution is 2.33. The Morgan fingerprint density at radius 1 is 0.793 bits per heavy atom. The first kappa shape index (κ1) is 18.4. The highest BCUT2D eigenvalue weighted by molar-refractivity contribution is 5.52. The van der Waals surface area contributed by atoms with Crippen LogP contribution in [0, 0.1) is 0 Å². The second-order valence-corrected chi connectivity index (χ2v) is 8.53. The van der Waals surface area contributed by atoms with Gasteiger partial charge in [0.05, 0.1) is 0 Å². The second-order valence-electron chi connectivity index (χ2n) is 8.53. The molecule has 0 radical (unpaired) electrons. The molecule has 0 saturated carbocycles. The predicted octanol–water partition coefficient (Wildman–Crippen LogP) is 5.02. The SMILES string of the molecule is c1ccc(CC(C2CCCN2)N(c2ccccc2)C2Cc3ccccc3C2)cc1. The maximum atomic E-state index is 3.83. The molecular weight excluding hydrogens is 352 g/mol. The number of nitrogens with zero attached hydrogens (tertiary/aromatic N) is 1. The number of benzene rings is 3. The molecule has 1 heterocycles. The van der Waals surface area contributed by atoms with E-state index >= 15 is 0 Å². The van der Waals surface area contributed by atoms with E-state index in [1.165, 1.54) is 35.2 Å². The van der Waals surface area contributed by atoms with Crippen molar-refractivity contribution in [3.8, 4) is 0 Å². The lowest BCUT2D eigenvalue weighted by molar-refractivity contribution is 0.413. The predicted molar refractivity (Wildman–Crippen MR) is 122 cm³/mol. The fraction of sp³-hybridized carbons (Fsp3) is 0.333. The van der Waals surface area contributed by atoms with Gasteiger partial charge in [-0.25, -0.2) is 0 Å². The molecule has 0 bridgehead atoms. The Morgan fingerprint density at radius 3 is 2.03 bits per heavy atom. The van der Waals surface area contributed by atoms with Crippen LogP contribution in [-0.2, 0) is 19.3 Å². The summed E-state index contributed by atoms with van der Waals surface area (Å²) < 4.78 is 0. The van der Waals surface area contributed by atoms with E-state index in [1.807, 2.05) is 0 Å². The Kier molecular flexibility index (Phi) is 5.36. The molecule has 1 aliphatic carbocycles. The average Bonchev–Trinajstić information content (AvgIpc) is 3.45. The highest BCUT2D eigenvalue weighted by atomic mass is 15.2. The smallest absolute Gasteiger partial charge is 0.0486 e. The van der Waals surface area contributed by atoms with Gasteiger partial charge in [-0.05, 0) is 67.5 Å². The minimum Gasteiger partial charge on any atom is -0.363 e. The third-order valence-electron chi connectivity index (χ3n) is 6.69. The van der Waals surface area contributed by atoms with Gasteiger partial charge in [-0.2, -0.15) is 0 Å². The van der Waals surface area contributed by atoms with Crippen LogP contribution in [0.4, 0.5) is 5.69 Å². The van der Waals surface area contributed by atoms with Crippen LogP contribution in [0.1, 0.15) is 29.5 Å². The topological polar surface area (TPSA) is 15.3 Å². The minimum atomic E-state index is 0.460. The first-order valence-electron chi connectivity index (χ1n) is 11.1. The molecule has 3 aromatic rings. The molecular formula is C27H30N2. The lowest BCUT2D eigenvalue weighted by atomic mass is 9.93. The molecule has 1 aliphatic heterocycles. The molecule has 3 aromatic carbocycles. The molecule has 0 aromatic heterocycles. The zero-order valence-electron chi connectivity index (χ0n) is 17.0. The number of para-hydroxylation sites is 1. The molecule has 148 valence electrons. The summed E-state index contributed by atoms with van der Waals surface area (Å²) in [5.41, 5.74) is 5.84. The first-order chi connectivity index (χ1) is 14.4. The molecule has 2 heteroatoms. The van der Waals surface area contributed by atoms with Gasteiger partial charge in [0.15, 0.2) is 0 Å². The summed E-state index contributed by atoms with van der Waals surface area (Å²) in [6.07, 6.45) is 5.91. The molecule has 2 unspecified atom stereocenters. The van der Waals surface area contributed by atoms with E-state index in [0.29, 0.717) is 18.1 Å². The van der Waals surface area contributed by atoms with Gasteiger partial charge in [0, 0.05) is 23.8 Å². The number of rotatable bonds is 6. The molecule has 2 atom stereocenters. The van der Waals surface area contributed by atoms with Crippen LogP contribution in [0.25, 0.3) is 0 Å². The van der Waals surface area contributed by atoms with E-state index in [1.54, 1.807) is 0 Å². The molecule has 2 nitrogen and oxygen atoms in total. The van der Waals surface area contributed by atoms with E-state index in [-0.39, 0.29) is 0 Å². The van der Waals surface area contributed by atoms with E-state index in [2.05, 4.69) is 95.1 Å². The van der Waals surface area contributed by atoms with Crippen molar-refractivity contribution in [3.63, 3.8) is 0 Å². The molecule has 2 aliphatic rings. The summed E-state index contributed by atoms with van der Waals surface area (Å²) in [5.74, 6) is 0. The van der Waals surface area contributed by atoms with Crippen LogP contribution in [0.3, 0.4) is 0 Å². The van der Waals surface area contributed by atoms with Crippen molar-refractivity contribution >= 4 is 5.69 Å².